The highest BCUT2D eigenvalue weighted by molar-refractivity contribution is 8.18. The van der Waals surface area contributed by atoms with Crippen LogP contribution in [0.15, 0.2) is 29.2 Å². The first kappa shape index (κ1) is 17.7. The Bertz CT molecular complexity index is 725. The summed E-state index contributed by atoms with van der Waals surface area (Å²) >= 11 is 0.747. The molecule has 8 heteroatoms. The zero-order valence-corrected chi connectivity index (χ0v) is 14.1. The van der Waals surface area contributed by atoms with Crippen molar-refractivity contribution in [1.29, 1.82) is 0 Å². The highest BCUT2D eigenvalue weighted by Gasteiger charge is 2.41. The van der Waals surface area contributed by atoms with Gasteiger partial charge < -0.3 is 9.47 Å². The van der Waals surface area contributed by atoms with E-state index in [1.54, 1.807) is 24.3 Å². The van der Waals surface area contributed by atoms with E-state index < -0.39 is 29.1 Å². The largest absolute Gasteiger partial charge is 0.467 e. The summed E-state index contributed by atoms with van der Waals surface area (Å²) in [5.74, 6) is -1.69. The fraction of sp³-hybridized carbons (Fsp3) is 0.250. The smallest absolute Gasteiger partial charge is 0.337 e. The van der Waals surface area contributed by atoms with Crippen molar-refractivity contribution in [3.63, 3.8) is 0 Å². The molecule has 1 aliphatic rings. The van der Waals surface area contributed by atoms with Crippen molar-refractivity contribution in [1.82, 2.24) is 4.90 Å². The van der Waals surface area contributed by atoms with Gasteiger partial charge in [0, 0.05) is 0 Å². The van der Waals surface area contributed by atoms with Gasteiger partial charge >= 0.3 is 11.9 Å². The van der Waals surface area contributed by atoms with Crippen molar-refractivity contribution in [3.8, 4) is 0 Å². The van der Waals surface area contributed by atoms with E-state index >= 15 is 0 Å². The Kier molecular flexibility index (Phi) is 5.40. The number of benzene rings is 1. The van der Waals surface area contributed by atoms with E-state index in [1.165, 1.54) is 27.2 Å². The monoisotopic (exact) mass is 349 g/mol. The molecule has 1 aliphatic heterocycles. The number of thioether (sulfide) groups is 1. The normalized spacial score (nSPS) is 17.1. The van der Waals surface area contributed by atoms with Gasteiger partial charge in [0.1, 0.15) is 6.04 Å². The molecule has 0 spiro atoms. The van der Waals surface area contributed by atoms with Gasteiger partial charge in [-0.2, -0.15) is 0 Å². The van der Waals surface area contributed by atoms with Crippen LogP contribution in [-0.4, -0.2) is 48.2 Å². The number of imide groups is 1. The Morgan fingerprint density at radius 3 is 2.29 bits per heavy atom. The number of hydrogen-bond donors (Lipinski definition) is 0. The lowest BCUT2D eigenvalue weighted by Crippen LogP contribution is -2.42. The van der Waals surface area contributed by atoms with Crippen LogP contribution in [0.25, 0.3) is 6.08 Å². The van der Waals surface area contributed by atoms with E-state index in [0.29, 0.717) is 11.1 Å². The van der Waals surface area contributed by atoms with Crippen LogP contribution in [0, 0.1) is 0 Å². The highest BCUT2D eigenvalue weighted by atomic mass is 32.2. The van der Waals surface area contributed by atoms with Crippen LogP contribution in [-0.2, 0) is 19.1 Å². The summed E-state index contributed by atoms with van der Waals surface area (Å²) in [6.45, 7) is 1.43. The summed E-state index contributed by atoms with van der Waals surface area (Å²) < 4.78 is 9.17. The Labute approximate surface area is 142 Å². The van der Waals surface area contributed by atoms with Gasteiger partial charge in [-0.1, -0.05) is 12.1 Å². The molecule has 7 nitrogen and oxygen atoms in total. The van der Waals surface area contributed by atoms with Gasteiger partial charge in [-0.15, -0.1) is 0 Å². The highest BCUT2D eigenvalue weighted by Crippen LogP contribution is 2.33. The van der Waals surface area contributed by atoms with E-state index in [2.05, 4.69) is 9.47 Å². The number of nitrogens with zero attached hydrogens (tertiary/aromatic N) is 1. The molecular formula is C16H15NO6S. The van der Waals surface area contributed by atoms with Crippen LogP contribution in [0.3, 0.4) is 0 Å². The van der Waals surface area contributed by atoms with Crippen molar-refractivity contribution in [2.24, 2.45) is 0 Å². The van der Waals surface area contributed by atoms with Crippen molar-refractivity contribution in [3.05, 3.63) is 40.3 Å². The van der Waals surface area contributed by atoms with Gasteiger partial charge in [0.05, 0.1) is 24.7 Å². The molecule has 2 amide bonds. The average Bonchev–Trinajstić information content (AvgIpc) is 2.87. The molecule has 1 saturated heterocycles. The van der Waals surface area contributed by atoms with E-state index in [9.17, 15) is 19.2 Å². The lowest BCUT2D eigenvalue weighted by Gasteiger charge is -2.18. The van der Waals surface area contributed by atoms with Gasteiger partial charge in [-0.3, -0.25) is 14.5 Å². The van der Waals surface area contributed by atoms with Crippen molar-refractivity contribution >= 4 is 40.9 Å². The van der Waals surface area contributed by atoms with Crippen LogP contribution >= 0.6 is 11.8 Å². The predicted octanol–water partition coefficient (Wildman–Crippen LogP) is 2.07. The van der Waals surface area contributed by atoms with Gasteiger partial charge in [0.2, 0.25) is 0 Å². The van der Waals surface area contributed by atoms with Crippen molar-refractivity contribution < 1.29 is 28.7 Å². The van der Waals surface area contributed by atoms with Gasteiger partial charge in [-0.25, -0.2) is 9.59 Å². The number of methoxy groups -OCH3 is 2. The number of rotatable bonds is 4. The van der Waals surface area contributed by atoms with Crippen LogP contribution < -0.4 is 0 Å². The first-order valence-corrected chi connectivity index (χ1v) is 7.74. The van der Waals surface area contributed by atoms with E-state index in [1.807, 2.05) is 0 Å². The number of carbonyl (C=O) groups excluding carboxylic acids is 4. The molecule has 1 heterocycles. The topological polar surface area (TPSA) is 90.0 Å². The van der Waals surface area contributed by atoms with Crippen LogP contribution in [0.4, 0.5) is 4.79 Å². The van der Waals surface area contributed by atoms with Gasteiger partial charge in [0.25, 0.3) is 11.1 Å². The lowest BCUT2D eigenvalue weighted by molar-refractivity contribution is -0.148. The lowest BCUT2D eigenvalue weighted by atomic mass is 10.1. The maximum absolute atomic E-state index is 12.3. The molecule has 1 aromatic carbocycles. The first-order chi connectivity index (χ1) is 11.4. The fourth-order valence-electron chi connectivity index (χ4n) is 2.07. The molecule has 126 valence electrons. The molecule has 0 aromatic heterocycles. The van der Waals surface area contributed by atoms with E-state index in [-0.39, 0.29) is 4.91 Å². The Morgan fingerprint density at radius 1 is 1.12 bits per heavy atom. The molecule has 0 aliphatic carbocycles. The summed E-state index contributed by atoms with van der Waals surface area (Å²) in [5.41, 5.74) is 1.01. The summed E-state index contributed by atoms with van der Waals surface area (Å²) in [4.78, 5) is 48.3. The molecule has 0 radical (unpaired) electrons. The molecule has 24 heavy (non-hydrogen) atoms. The SMILES string of the molecule is COC(=O)c1ccc(C=C2SC(=O)N(C(C)C(=O)OC)C2=O)cc1. The van der Waals surface area contributed by atoms with Crippen LogP contribution in [0.2, 0.25) is 0 Å². The molecule has 1 aromatic rings. The van der Waals surface area contributed by atoms with E-state index in [4.69, 9.17) is 0 Å². The van der Waals surface area contributed by atoms with Crippen molar-refractivity contribution in [2.75, 3.05) is 14.2 Å². The second kappa shape index (κ2) is 7.31. The zero-order chi connectivity index (χ0) is 17.9. The van der Waals surface area contributed by atoms with Crippen LogP contribution in [0.5, 0.6) is 0 Å². The maximum Gasteiger partial charge on any atom is 0.337 e. The minimum absolute atomic E-state index is 0.196. The minimum atomic E-state index is -0.991. The summed E-state index contributed by atoms with van der Waals surface area (Å²) in [7, 11) is 2.48. The standard InChI is InChI=1S/C16H15NO6S/c1-9(14(19)22-2)17-13(18)12(24-16(17)21)8-10-4-6-11(7-5-10)15(20)23-3/h4-9H,1-3H3. The third-order valence-electron chi connectivity index (χ3n) is 3.38. The maximum atomic E-state index is 12.3. The second-order valence-electron chi connectivity index (χ2n) is 4.86. The molecule has 1 atom stereocenters. The summed E-state index contributed by atoms with van der Waals surface area (Å²) in [6, 6.07) is 5.38. The predicted molar refractivity (Wildman–Crippen MR) is 87.1 cm³/mol. The Balaban J connectivity index is 2.22. The molecule has 0 N–H and O–H groups in total. The first-order valence-electron chi connectivity index (χ1n) is 6.92. The molecule has 2 rings (SSSR count). The molecule has 0 bridgehead atoms. The third kappa shape index (κ3) is 3.48. The number of amides is 2. The van der Waals surface area contributed by atoms with Crippen molar-refractivity contribution in [2.45, 2.75) is 13.0 Å². The zero-order valence-electron chi connectivity index (χ0n) is 13.3. The minimum Gasteiger partial charge on any atom is -0.467 e. The van der Waals surface area contributed by atoms with Crippen LogP contribution in [0.1, 0.15) is 22.8 Å². The molecular weight excluding hydrogens is 334 g/mol. The number of carbonyl (C=O) groups is 4. The molecule has 0 saturated carbocycles. The number of esters is 2. The second-order valence-corrected chi connectivity index (χ2v) is 5.86. The third-order valence-corrected chi connectivity index (χ3v) is 4.27. The molecule has 1 unspecified atom stereocenters. The van der Waals surface area contributed by atoms with Gasteiger partial charge in [0.15, 0.2) is 0 Å². The summed E-state index contributed by atoms with van der Waals surface area (Å²) in [6.07, 6.45) is 1.52. The quantitative estimate of drug-likeness (QED) is 0.607. The number of ether oxygens (including phenoxy) is 2. The number of hydrogen-bond acceptors (Lipinski definition) is 7. The molecule has 1 fully saturated rings. The fourth-order valence-corrected chi connectivity index (χ4v) is 2.98. The van der Waals surface area contributed by atoms with Gasteiger partial charge in [-0.05, 0) is 42.5 Å². The summed E-state index contributed by atoms with van der Waals surface area (Å²) in [5, 5.41) is -0.532. The Hall–Kier alpha value is -2.61. The average molecular weight is 349 g/mol. The Morgan fingerprint density at radius 2 is 1.75 bits per heavy atom. The van der Waals surface area contributed by atoms with E-state index in [0.717, 1.165) is 16.7 Å².